The van der Waals surface area contributed by atoms with Crippen LogP contribution in [0.1, 0.15) is 38.5 Å². The number of halogens is 1. The summed E-state index contributed by atoms with van der Waals surface area (Å²) in [6, 6.07) is 0. The molecule has 2 unspecified atom stereocenters. The molecular formula is C10H20ClN. The van der Waals surface area contributed by atoms with Gasteiger partial charge in [0.05, 0.1) is 0 Å². The summed E-state index contributed by atoms with van der Waals surface area (Å²) in [6.07, 6.45) is 8.80. The van der Waals surface area contributed by atoms with Crippen molar-refractivity contribution in [2.45, 2.75) is 38.5 Å². The van der Waals surface area contributed by atoms with E-state index >= 15 is 0 Å². The third-order valence-electron chi connectivity index (χ3n) is 3.50. The molecule has 2 saturated carbocycles. The van der Waals surface area contributed by atoms with Crippen molar-refractivity contribution in [3.63, 3.8) is 0 Å². The molecule has 0 aromatic heterocycles. The van der Waals surface area contributed by atoms with E-state index in [1.807, 2.05) is 0 Å². The summed E-state index contributed by atoms with van der Waals surface area (Å²) in [7, 11) is 0. The molecule has 72 valence electrons. The molecule has 0 heterocycles. The lowest BCUT2D eigenvalue weighted by atomic mass is 9.76. The Kier molecular flexibility index (Phi) is 3.85. The second-order valence-electron chi connectivity index (χ2n) is 4.28. The summed E-state index contributed by atoms with van der Waals surface area (Å²) in [4.78, 5) is 0. The Morgan fingerprint density at radius 1 is 1.00 bits per heavy atom. The van der Waals surface area contributed by atoms with Crippen LogP contribution < -0.4 is 5.73 Å². The molecule has 0 aromatic carbocycles. The van der Waals surface area contributed by atoms with E-state index in [4.69, 9.17) is 5.73 Å². The lowest BCUT2D eigenvalue weighted by Crippen LogP contribution is -2.27. The predicted molar refractivity (Wildman–Crippen MR) is 54.5 cm³/mol. The zero-order valence-corrected chi connectivity index (χ0v) is 8.48. The first-order valence-electron chi connectivity index (χ1n) is 5.12. The zero-order valence-electron chi connectivity index (χ0n) is 7.67. The molecular weight excluding hydrogens is 170 g/mol. The highest BCUT2D eigenvalue weighted by Gasteiger charge is 2.36. The Balaban J connectivity index is 0.000000720. The first-order valence-corrected chi connectivity index (χ1v) is 5.12. The number of nitrogens with two attached hydrogens (primary N) is 1. The molecule has 1 nitrogen and oxygen atoms in total. The molecule has 2 aliphatic carbocycles. The van der Waals surface area contributed by atoms with Gasteiger partial charge in [-0.2, -0.15) is 0 Å². The molecule has 0 amide bonds. The van der Waals surface area contributed by atoms with Crippen LogP contribution in [0.15, 0.2) is 0 Å². The van der Waals surface area contributed by atoms with Gasteiger partial charge >= 0.3 is 0 Å². The van der Waals surface area contributed by atoms with Gasteiger partial charge in [-0.15, -0.1) is 12.4 Å². The fraction of sp³-hybridized carbons (Fsp3) is 1.00. The monoisotopic (exact) mass is 189 g/mol. The SMILES string of the molecule is Cl.NCC1CCCCC1C1CC1. The Morgan fingerprint density at radius 3 is 2.25 bits per heavy atom. The highest BCUT2D eigenvalue weighted by atomic mass is 35.5. The van der Waals surface area contributed by atoms with E-state index < -0.39 is 0 Å². The van der Waals surface area contributed by atoms with E-state index in [-0.39, 0.29) is 12.4 Å². The molecule has 2 N–H and O–H groups in total. The summed E-state index contributed by atoms with van der Waals surface area (Å²) >= 11 is 0. The highest BCUT2D eigenvalue weighted by Crippen LogP contribution is 2.46. The molecule has 0 spiro atoms. The number of hydrogen-bond acceptors (Lipinski definition) is 1. The van der Waals surface area contributed by atoms with Crippen LogP contribution in [0.5, 0.6) is 0 Å². The van der Waals surface area contributed by atoms with Gasteiger partial charge in [0.1, 0.15) is 0 Å². The second-order valence-corrected chi connectivity index (χ2v) is 4.28. The van der Waals surface area contributed by atoms with Crippen molar-refractivity contribution < 1.29 is 0 Å². The third-order valence-corrected chi connectivity index (χ3v) is 3.50. The molecule has 2 atom stereocenters. The smallest absolute Gasteiger partial charge is 0.00461 e. The zero-order chi connectivity index (χ0) is 7.68. The predicted octanol–water partition coefficient (Wildman–Crippen LogP) is 2.58. The highest BCUT2D eigenvalue weighted by molar-refractivity contribution is 5.85. The van der Waals surface area contributed by atoms with E-state index in [1.54, 1.807) is 0 Å². The average Bonchev–Trinajstić information content (AvgIpc) is 2.87. The fourth-order valence-corrected chi connectivity index (χ4v) is 2.67. The van der Waals surface area contributed by atoms with Gasteiger partial charge in [0, 0.05) is 0 Å². The van der Waals surface area contributed by atoms with E-state index in [0.29, 0.717) is 0 Å². The number of rotatable bonds is 2. The van der Waals surface area contributed by atoms with Crippen molar-refractivity contribution in [3.05, 3.63) is 0 Å². The maximum atomic E-state index is 5.76. The van der Waals surface area contributed by atoms with Crippen LogP contribution in [0.2, 0.25) is 0 Å². The molecule has 0 aliphatic heterocycles. The normalized spacial score (nSPS) is 35.8. The molecule has 12 heavy (non-hydrogen) atoms. The quantitative estimate of drug-likeness (QED) is 0.710. The van der Waals surface area contributed by atoms with Crippen LogP contribution >= 0.6 is 12.4 Å². The first-order chi connectivity index (χ1) is 5.42. The van der Waals surface area contributed by atoms with Gasteiger partial charge in [0.15, 0.2) is 0 Å². The summed E-state index contributed by atoms with van der Waals surface area (Å²) in [6.45, 7) is 0.946. The Hall–Kier alpha value is 0.250. The topological polar surface area (TPSA) is 26.0 Å². The van der Waals surface area contributed by atoms with Gasteiger partial charge in [0.25, 0.3) is 0 Å². The largest absolute Gasteiger partial charge is 0.330 e. The van der Waals surface area contributed by atoms with Gasteiger partial charge in [-0.3, -0.25) is 0 Å². The van der Waals surface area contributed by atoms with Gasteiger partial charge in [-0.1, -0.05) is 12.8 Å². The summed E-state index contributed by atoms with van der Waals surface area (Å²) in [5.41, 5.74) is 5.76. The molecule has 0 bridgehead atoms. The van der Waals surface area contributed by atoms with Crippen molar-refractivity contribution >= 4 is 12.4 Å². The molecule has 2 rings (SSSR count). The van der Waals surface area contributed by atoms with Crippen LogP contribution in [-0.4, -0.2) is 6.54 Å². The molecule has 0 saturated heterocycles. The van der Waals surface area contributed by atoms with Crippen molar-refractivity contribution in [3.8, 4) is 0 Å². The van der Waals surface area contributed by atoms with Crippen LogP contribution in [0, 0.1) is 17.8 Å². The molecule has 2 aliphatic rings. The minimum Gasteiger partial charge on any atom is -0.330 e. The van der Waals surface area contributed by atoms with Crippen LogP contribution in [0.25, 0.3) is 0 Å². The molecule has 0 radical (unpaired) electrons. The van der Waals surface area contributed by atoms with Crippen LogP contribution in [0.3, 0.4) is 0 Å². The van der Waals surface area contributed by atoms with E-state index in [2.05, 4.69) is 0 Å². The van der Waals surface area contributed by atoms with Crippen molar-refractivity contribution in [2.24, 2.45) is 23.5 Å². The van der Waals surface area contributed by atoms with E-state index in [0.717, 1.165) is 24.3 Å². The van der Waals surface area contributed by atoms with Crippen molar-refractivity contribution in [1.29, 1.82) is 0 Å². The maximum Gasteiger partial charge on any atom is -0.00461 e. The Morgan fingerprint density at radius 2 is 1.67 bits per heavy atom. The number of hydrogen-bond donors (Lipinski definition) is 1. The maximum absolute atomic E-state index is 5.76. The second kappa shape index (κ2) is 4.48. The van der Waals surface area contributed by atoms with E-state index in [9.17, 15) is 0 Å². The lowest BCUT2D eigenvalue weighted by Gasteiger charge is -2.30. The Bertz CT molecular complexity index is 134. The van der Waals surface area contributed by atoms with E-state index in [1.165, 1.54) is 38.5 Å². The summed E-state index contributed by atoms with van der Waals surface area (Å²) in [5.74, 6) is 2.99. The van der Waals surface area contributed by atoms with Gasteiger partial charge < -0.3 is 5.73 Å². The lowest BCUT2D eigenvalue weighted by molar-refractivity contribution is 0.216. The molecule has 2 fully saturated rings. The molecule has 2 heteroatoms. The minimum absolute atomic E-state index is 0. The standard InChI is InChI=1S/C10H19N.ClH/c11-7-9-3-1-2-4-10(9)8-5-6-8;/h8-10H,1-7,11H2;1H. The third kappa shape index (κ3) is 2.14. The fourth-order valence-electron chi connectivity index (χ4n) is 2.67. The van der Waals surface area contributed by atoms with Crippen LogP contribution in [-0.2, 0) is 0 Å². The van der Waals surface area contributed by atoms with Gasteiger partial charge in [0.2, 0.25) is 0 Å². The summed E-state index contributed by atoms with van der Waals surface area (Å²) in [5, 5.41) is 0. The Labute approximate surface area is 81.5 Å². The van der Waals surface area contributed by atoms with Crippen molar-refractivity contribution in [2.75, 3.05) is 6.54 Å². The molecule has 0 aromatic rings. The van der Waals surface area contributed by atoms with Gasteiger partial charge in [-0.05, 0) is 50.0 Å². The first kappa shape index (κ1) is 10.3. The van der Waals surface area contributed by atoms with Crippen LogP contribution in [0.4, 0.5) is 0 Å². The van der Waals surface area contributed by atoms with Gasteiger partial charge in [-0.25, -0.2) is 0 Å². The minimum atomic E-state index is 0. The van der Waals surface area contributed by atoms with Crippen molar-refractivity contribution in [1.82, 2.24) is 0 Å². The average molecular weight is 190 g/mol. The summed E-state index contributed by atoms with van der Waals surface area (Å²) < 4.78 is 0.